The van der Waals surface area contributed by atoms with Crippen molar-refractivity contribution in [2.75, 3.05) is 12.4 Å². The van der Waals surface area contributed by atoms with E-state index in [1.165, 1.54) is 0 Å². The fourth-order valence-electron chi connectivity index (χ4n) is 1.62. The van der Waals surface area contributed by atoms with Crippen LogP contribution in [-0.4, -0.2) is 16.6 Å². The van der Waals surface area contributed by atoms with E-state index in [9.17, 15) is 0 Å². The van der Waals surface area contributed by atoms with Crippen LogP contribution in [0.4, 0.5) is 5.69 Å². The molecule has 1 N–H and O–H groups in total. The molecule has 0 aliphatic rings. The third-order valence-electron chi connectivity index (χ3n) is 2.47. The molecule has 0 unspecified atom stereocenters. The summed E-state index contributed by atoms with van der Waals surface area (Å²) in [5, 5.41) is 3.10. The molecule has 0 spiro atoms. The van der Waals surface area contributed by atoms with E-state index < -0.39 is 0 Å². The second-order valence-electron chi connectivity index (χ2n) is 3.36. The van der Waals surface area contributed by atoms with Gasteiger partial charge in [0.2, 0.25) is 0 Å². The van der Waals surface area contributed by atoms with E-state index in [0.29, 0.717) is 0 Å². The standard InChI is InChI=1S/C12H15N3/c1-3-12-14-8-9-15(12)11-6-4-10(13-2)5-7-11/h4-9,13H,3H2,1-2H3. The molecule has 78 valence electrons. The molecular weight excluding hydrogens is 186 g/mol. The first-order valence-electron chi connectivity index (χ1n) is 5.15. The predicted molar refractivity (Wildman–Crippen MR) is 62.5 cm³/mol. The SMILES string of the molecule is CCc1nccn1-c1ccc(NC)cc1. The highest BCUT2D eigenvalue weighted by Crippen LogP contribution is 2.14. The molecule has 0 fully saturated rings. The summed E-state index contributed by atoms with van der Waals surface area (Å²) in [5.41, 5.74) is 2.28. The number of hydrogen-bond donors (Lipinski definition) is 1. The molecule has 3 nitrogen and oxygen atoms in total. The monoisotopic (exact) mass is 201 g/mol. The van der Waals surface area contributed by atoms with Gasteiger partial charge in [-0.25, -0.2) is 4.98 Å². The minimum atomic E-state index is 0.945. The summed E-state index contributed by atoms with van der Waals surface area (Å²) in [7, 11) is 1.92. The van der Waals surface area contributed by atoms with Gasteiger partial charge in [-0.3, -0.25) is 0 Å². The highest BCUT2D eigenvalue weighted by atomic mass is 15.1. The van der Waals surface area contributed by atoms with Crippen molar-refractivity contribution in [1.82, 2.24) is 9.55 Å². The molecule has 0 saturated carbocycles. The lowest BCUT2D eigenvalue weighted by Crippen LogP contribution is -1.99. The lowest BCUT2D eigenvalue weighted by molar-refractivity contribution is 0.891. The van der Waals surface area contributed by atoms with Crippen LogP contribution >= 0.6 is 0 Å². The van der Waals surface area contributed by atoms with Gasteiger partial charge in [-0.15, -0.1) is 0 Å². The average Bonchev–Trinajstić information content (AvgIpc) is 2.77. The van der Waals surface area contributed by atoms with Gasteiger partial charge in [-0.05, 0) is 24.3 Å². The van der Waals surface area contributed by atoms with E-state index in [1.807, 2.05) is 19.4 Å². The van der Waals surface area contributed by atoms with Gasteiger partial charge in [0.05, 0.1) is 0 Å². The molecule has 2 aromatic rings. The Labute approximate surface area is 89.8 Å². The van der Waals surface area contributed by atoms with Crippen LogP contribution in [0.2, 0.25) is 0 Å². The highest BCUT2D eigenvalue weighted by molar-refractivity contribution is 5.48. The zero-order chi connectivity index (χ0) is 10.7. The number of benzene rings is 1. The van der Waals surface area contributed by atoms with Crippen molar-refractivity contribution in [2.45, 2.75) is 13.3 Å². The fraction of sp³-hybridized carbons (Fsp3) is 0.250. The third kappa shape index (κ3) is 1.86. The van der Waals surface area contributed by atoms with Crippen molar-refractivity contribution < 1.29 is 0 Å². The van der Waals surface area contributed by atoms with Crippen molar-refractivity contribution in [3.8, 4) is 5.69 Å². The van der Waals surface area contributed by atoms with Crippen molar-refractivity contribution in [2.24, 2.45) is 0 Å². The van der Waals surface area contributed by atoms with Gasteiger partial charge in [0.1, 0.15) is 5.82 Å². The first-order chi connectivity index (χ1) is 7.35. The lowest BCUT2D eigenvalue weighted by atomic mass is 10.2. The molecule has 0 amide bonds. The Bertz CT molecular complexity index is 428. The fourth-order valence-corrected chi connectivity index (χ4v) is 1.62. The molecule has 0 bridgehead atoms. The largest absolute Gasteiger partial charge is 0.388 e. The Balaban J connectivity index is 2.37. The van der Waals surface area contributed by atoms with Crippen LogP contribution in [0.25, 0.3) is 5.69 Å². The number of imidazole rings is 1. The maximum atomic E-state index is 4.30. The van der Waals surface area contributed by atoms with E-state index in [1.54, 1.807) is 0 Å². The second-order valence-corrected chi connectivity index (χ2v) is 3.36. The number of nitrogens with zero attached hydrogens (tertiary/aromatic N) is 2. The summed E-state index contributed by atoms with van der Waals surface area (Å²) in [6, 6.07) is 8.31. The lowest BCUT2D eigenvalue weighted by Gasteiger charge is -2.07. The number of rotatable bonds is 3. The molecule has 3 heteroatoms. The molecule has 1 aromatic carbocycles. The molecule has 0 atom stereocenters. The average molecular weight is 201 g/mol. The minimum absolute atomic E-state index is 0.945. The zero-order valence-corrected chi connectivity index (χ0v) is 9.07. The normalized spacial score (nSPS) is 10.3. The maximum Gasteiger partial charge on any atom is 0.112 e. The van der Waals surface area contributed by atoms with Gasteiger partial charge in [-0.2, -0.15) is 0 Å². The van der Waals surface area contributed by atoms with E-state index in [-0.39, 0.29) is 0 Å². The van der Waals surface area contributed by atoms with E-state index in [2.05, 4.69) is 46.1 Å². The van der Waals surface area contributed by atoms with Crippen LogP contribution in [0.1, 0.15) is 12.7 Å². The summed E-state index contributed by atoms with van der Waals surface area (Å²) in [6.45, 7) is 2.11. The zero-order valence-electron chi connectivity index (χ0n) is 9.07. The molecule has 2 rings (SSSR count). The molecule has 0 aliphatic heterocycles. The van der Waals surface area contributed by atoms with Gasteiger partial charge >= 0.3 is 0 Å². The molecule has 0 saturated heterocycles. The Morgan fingerprint density at radius 3 is 2.60 bits per heavy atom. The highest BCUT2D eigenvalue weighted by Gasteiger charge is 2.01. The predicted octanol–water partition coefficient (Wildman–Crippen LogP) is 2.48. The Morgan fingerprint density at radius 1 is 1.27 bits per heavy atom. The smallest absolute Gasteiger partial charge is 0.112 e. The van der Waals surface area contributed by atoms with Crippen LogP contribution in [0.15, 0.2) is 36.7 Å². The molecular formula is C12H15N3. The topological polar surface area (TPSA) is 29.9 Å². The molecule has 0 aliphatic carbocycles. The molecule has 0 radical (unpaired) electrons. The van der Waals surface area contributed by atoms with Gasteiger partial charge in [0, 0.05) is 37.2 Å². The van der Waals surface area contributed by atoms with Crippen LogP contribution in [0.3, 0.4) is 0 Å². The van der Waals surface area contributed by atoms with Crippen molar-refractivity contribution in [3.05, 3.63) is 42.5 Å². The first-order valence-corrected chi connectivity index (χ1v) is 5.15. The van der Waals surface area contributed by atoms with Crippen LogP contribution in [0.5, 0.6) is 0 Å². The van der Waals surface area contributed by atoms with Crippen molar-refractivity contribution >= 4 is 5.69 Å². The van der Waals surface area contributed by atoms with Gasteiger partial charge in [-0.1, -0.05) is 6.92 Å². The Kier molecular flexibility index (Phi) is 2.72. The number of nitrogens with one attached hydrogen (secondary N) is 1. The summed E-state index contributed by atoms with van der Waals surface area (Å²) >= 11 is 0. The van der Waals surface area contributed by atoms with Gasteiger partial charge < -0.3 is 9.88 Å². The van der Waals surface area contributed by atoms with Crippen LogP contribution in [-0.2, 0) is 6.42 Å². The van der Waals surface area contributed by atoms with Gasteiger partial charge in [0.25, 0.3) is 0 Å². The number of aromatic nitrogens is 2. The molecule has 15 heavy (non-hydrogen) atoms. The van der Waals surface area contributed by atoms with Crippen molar-refractivity contribution in [3.63, 3.8) is 0 Å². The summed E-state index contributed by atoms with van der Waals surface area (Å²) in [4.78, 5) is 4.30. The van der Waals surface area contributed by atoms with Gasteiger partial charge in [0.15, 0.2) is 0 Å². The number of hydrogen-bond acceptors (Lipinski definition) is 2. The number of anilines is 1. The summed E-state index contributed by atoms with van der Waals surface area (Å²) in [6.07, 6.45) is 4.78. The second kappa shape index (κ2) is 4.17. The maximum absolute atomic E-state index is 4.30. The Hall–Kier alpha value is -1.77. The molecule has 1 aromatic heterocycles. The summed E-state index contributed by atoms with van der Waals surface area (Å²) in [5.74, 6) is 1.09. The van der Waals surface area contributed by atoms with Crippen molar-refractivity contribution in [1.29, 1.82) is 0 Å². The van der Waals surface area contributed by atoms with E-state index in [0.717, 1.165) is 23.6 Å². The number of aryl methyl sites for hydroxylation is 1. The van der Waals surface area contributed by atoms with Crippen LogP contribution < -0.4 is 5.32 Å². The van der Waals surface area contributed by atoms with E-state index >= 15 is 0 Å². The van der Waals surface area contributed by atoms with E-state index in [4.69, 9.17) is 0 Å². The van der Waals surface area contributed by atoms with Crippen LogP contribution in [0, 0.1) is 0 Å². The first kappa shape index (κ1) is 9.77. The third-order valence-corrected chi connectivity index (χ3v) is 2.47. The summed E-state index contributed by atoms with van der Waals surface area (Å²) < 4.78 is 2.11. The molecule has 1 heterocycles. The minimum Gasteiger partial charge on any atom is -0.388 e. The quantitative estimate of drug-likeness (QED) is 0.826. The Morgan fingerprint density at radius 2 is 2.00 bits per heavy atom.